The van der Waals surface area contributed by atoms with Crippen molar-refractivity contribution in [2.24, 2.45) is 0 Å². The molecule has 86 valence electrons. The second kappa shape index (κ2) is 3.96. The predicted molar refractivity (Wildman–Crippen MR) is 70.8 cm³/mol. The lowest BCUT2D eigenvalue weighted by molar-refractivity contribution is 0.234. The molecular formula is C12H18N2OSi. The summed E-state index contributed by atoms with van der Waals surface area (Å²) < 4.78 is 7.98. The minimum absolute atomic E-state index is 0.614. The Morgan fingerprint density at radius 3 is 2.69 bits per heavy atom. The molecule has 0 aliphatic rings. The van der Waals surface area contributed by atoms with E-state index in [4.69, 9.17) is 10.2 Å². The van der Waals surface area contributed by atoms with Crippen LogP contribution in [0.3, 0.4) is 0 Å². The van der Waals surface area contributed by atoms with Gasteiger partial charge in [0.1, 0.15) is 6.73 Å². The van der Waals surface area contributed by atoms with Gasteiger partial charge in [0.15, 0.2) is 8.32 Å². The third-order valence-corrected chi connectivity index (χ3v) is 3.43. The molecule has 0 fully saturated rings. The molecule has 1 heterocycles. The molecule has 0 aliphatic carbocycles. The fraction of sp³-hybridized carbons (Fsp3) is 0.333. The van der Waals surface area contributed by atoms with E-state index in [1.165, 1.54) is 5.39 Å². The Bertz CT molecular complexity index is 499. The Labute approximate surface area is 96.9 Å². The van der Waals surface area contributed by atoms with Gasteiger partial charge in [-0.25, -0.2) is 0 Å². The third-order valence-electron chi connectivity index (χ3n) is 2.43. The summed E-state index contributed by atoms with van der Waals surface area (Å²) >= 11 is 0. The highest BCUT2D eigenvalue weighted by atomic mass is 28.4. The van der Waals surface area contributed by atoms with Crippen molar-refractivity contribution in [2.75, 3.05) is 5.73 Å². The minimum atomic E-state index is -1.47. The molecule has 0 atom stereocenters. The molecule has 0 saturated carbocycles. The molecule has 1 aromatic carbocycles. The van der Waals surface area contributed by atoms with E-state index < -0.39 is 8.32 Å². The summed E-state index contributed by atoms with van der Waals surface area (Å²) in [5, 5.41) is 1.20. The van der Waals surface area contributed by atoms with Crippen LogP contribution in [0.25, 0.3) is 10.9 Å². The molecule has 16 heavy (non-hydrogen) atoms. The van der Waals surface area contributed by atoms with E-state index >= 15 is 0 Å². The van der Waals surface area contributed by atoms with Gasteiger partial charge in [-0.15, -0.1) is 0 Å². The standard InChI is InChI=1S/C12H18N2OSi/c1-16(2,3)15-9-14-7-6-10-4-5-11(13)8-12(10)14/h4-8H,9,13H2,1-3H3. The van der Waals surface area contributed by atoms with Gasteiger partial charge in [0, 0.05) is 11.9 Å². The van der Waals surface area contributed by atoms with Crippen molar-refractivity contribution >= 4 is 24.9 Å². The average molecular weight is 234 g/mol. The van der Waals surface area contributed by atoms with Crippen LogP contribution in [0.4, 0.5) is 5.69 Å². The zero-order valence-corrected chi connectivity index (χ0v) is 11.0. The summed E-state index contributed by atoms with van der Waals surface area (Å²) in [6.07, 6.45) is 2.05. The zero-order valence-electron chi connectivity index (χ0n) is 10.0. The van der Waals surface area contributed by atoms with E-state index in [1.54, 1.807) is 0 Å². The molecule has 0 amide bonds. The predicted octanol–water partition coefficient (Wildman–Crippen LogP) is 3.03. The van der Waals surface area contributed by atoms with Gasteiger partial charge in [-0.05, 0) is 43.2 Å². The van der Waals surface area contributed by atoms with Gasteiger partial charge in [-0.3, -0.25) is 0 Å². The summed E-state index contributed by atoms with van der Waals surface area (Å²) in [5.74, 6) is 0. The second-order valence-electron chi connectivity index (χ2n) is 4.99. The maximum atomic E-state index is 5.88. The largest absolute Gasteiger partial charge is 0.400 e. The number of nitrogens with zero attached hydrogens (tertiary/aromatic N) is 1. The van der Waals surface area contributed by atoms with Crippen LogP contribution in [-0.4, -0.2) is 12.9 Å². The maximum absolute atomic E-state index is 5.88. The van der Waals surface area contributed by atoms with Gasteiger partial charge in [0.05, 0.1) is 5.52 Å². The second-order valence-corrected chi connectivity index (χ2v) is 9.50. The molecule has 3 nitrogen and oxygen atoms in total. The molecule has 4 heteroatoms. The Morgan fingerprint density at radius 1 is 1.25 bits per heavy atom. The average Bonchev–Trinajstić information content (AvgIpc) is 2.56. The lowest BCUT2D eigenvalue weighted by Crippen LogP contribution is -2.26. The molecule has 0 unspecified atom stereocenters. The van der Waals surface area contributed by atoms with Crippen LogP contribution in [0.1, 0.15) is 0 Å². The van der Waals surface area contributed by atoms with Crippen molar-refractivity contribution < 1.29 is 4.43 Å². The summed E-state index contributed by atoms with van der Waals surface area (Å²) in [7, 11) is -1.47. The van der Waals surface area contributed by atoms with Crippen molar-refractivity contribution in [3.05, 3.63) is 30.5 Å². The summed E-state index contributed by atoms with van der Waals surface area (Å²) in [5.41, 5.74) is 7.72. The monoisotopic (exact) mass is 234 g/mol. The van der Waals surface area contributed by atoms with E-state index in [9.17, 15) is 0 Å². The molecule has 0 aliphatic heterocycles. The Kier molecular flexibility index (Phi) is 2.78. The number of rotatable bonds is 3. The third kappa shape index (κ3) is 2.45. The number of benzene rings is 1. The topological polar surface area (TPSA) is 40.2 Å². The minimum Gasteiger partial charge on any atom is -0.400 e. The number of fused-ring (bicyclic) bond motifs is 1. The van der Waals surface area contributed by atoms with E-state index in [-0.39, 0.29) is 0 Å². The van der Waals surface area contributed by atoms with Crippen molar-refractivity contribution in [1.29, 1.82) is 0 Å². The highest BCUT2D eigenvalue weighted by Gasteiger charge is 2.14. The summed E-state index contributed by atoms with van der Waals surface area (Å²) in [6, 6.07) is 8.03. The molecule has 0 spiro atoms. The van der Waals surface area contributed by atoms with Gasteiger partial charge in [-0.1, -0.05) is 6.07 Å². The van der Waals surface area contributed by atoms with Crippen molar-refractivity contribution in [3.63, 3.8) is 0 Å². The van der Waals surface area contributed by atoms with Crippen LogP contribution in [0.15, 0.2) is 30.5 Å². The van der Waals surface area contributed by atoms with E-state index in [2.05, 4.69) is 30.3 Å². The highest BCUT2D eigenvalue weighted by molar-refractivity contribution is 6.69. The molecule has 0 radical (unpaired) electrons. The number of hydrogen-bond acceptors (Lipinski definition) is 2. The van der Waals surface area contributed by atoms with E-state index in [0.29, 0.717) is 6.73 Å². The number of aromatic nitrogens is 1. The van der Waals surface area contributed by atoms with E-state index in [0.717, 1.165) is 11.2 Å². The normalized spacial score (nSPS) is 12.2. The molecule has 2 aromatic rings. The quantitative estimate of drug-likeness (QED) is 0.655. The number of nitrogens with two attached hydrogens (primary N) is 1. The van der Waals surface area contributed by atoms with Gasteiger partial charge in [0.25, 0.3) is 0 Å². The van der Waals surface area contributed by atoms with E-state index in [1.807, 2.05) is 24.4 Å². The first-order valence-electron chi connectivity index (χ1n) is 5.44. The van der Waals surface area contributed by atoms with Crippen LogP contribution in [0.5, 0.6) is 0 Å². The van der Waals surface area contributed by atoms with Crippen LogP contribution < -0.4 is 5.73 Å². The molecule has 0 saturated heterocycles. The number of hydrogen-bond donors (Lipinski definition) is 1. The Morgan fingerprint density at radius 2 is 2.00 bits per heavy atom. The first kappa shape index (κ1) is 11.2. The van der Waals surface area contributed by atoms with Crippen LogP contribution in [0, 0.1) is 0 Å². The summed E-state index contributed by atoms with van der Waals surface area (Å²) in [6.45, 7) is 7.18. The number of anilines is 1. The first-order valence-corrected chi connectivity index (χ1v) is 8.85. The highest BCUT2D eigenvalue weighted by Crippen LogP contribution is 2.19. The van der Waals surface area contributed by atoms with Gasteiger partial charge < -0.3 is 14.7 Å². The maximum Gasteiger partial charge on any atom is 0.186 e. The Hall–Kier alpha value is -1.26. The van der Waals surface area contributed by atoms with Crippen LogP contribution in [0.2, 0.25) is 19.6 Å². The van der Waals surface area contributed by atoms with Gasteiger partial charge in [0.2, 0.25) is 0 Å². The van der Waals surface area contributed by atoms with Gasteiger partial charge >= 0.3 is 0 Å². The zero-order chi connectivity index (χ0) is 11.8. The van der Waals surface area contributed by atoms with Crippen LogP contribution in [-0.2, 0) is 11.2 Å². The number of nitrogen functional groups attached to an aromatic ring is 1. The molecule has 0 bridgehead atoms. The van der Waals surface area contributed by atoms with Crippen LogP contribution >= 0.6 is 0 Å². The molecule has 2 N–H and O–H groups in total. The molecule has 1 aromatic heterocycles. The van der Waals surface area contributed by atoms with Crippen molar-refractivity contribution in [1.82, 2.24) is 4.57 Å². The molecular weight excluding hydrogens is 216 g/mol. The van der Waals surface area contributed by atoms with Crippen molar-refractivity contribution in [3.8, 4) is 0 Å². The summed E-state index contributed by atoms with van der Waals surface area (Å²) in [4.78, 5) is 0. The Balaban J connectivity index is 2.28. The first-order chi connectivity index (χ1) is 7.46. The van der Waals surface area contributed by atoms with Crippen molar-refractivity contribution in [2.45, 2.75) is 26.4 Å². The fourth-order valence-electron chi connectivity index (χ4n) is 1.58. The fourth-order valence-corrected chi connectivity index (χ4v) is 2.10. The van der Waals surface area contributed by atoms with Gasteiger partial charge in [-0.2, -0.15) is 0 Å². The SMILES string of the molecule is C[Si](C)(C)OCn1ccc2ccc(N)cc21. The molecule has 2 rings (SSSR count). The lowest BCUT2D eigenvalue weighted by atomic mass is 10.2. The lowest BCUT2D eigenvalue weighted by Gasteiger charge is -2.18. The smallest absolute Gasteiger partial charge is 0.186 e.